The summed E-state index contributed by atoms with van der Waals surface area (Å²) >= 11 is 12.0. The number of hydrogen-bond acceptors (Lipinski definition) is 4. The fourth-order valence-corrected chi connectivity index (χ4v) is 2.35. The van der Waals surface area contributed by atoms with Gasteiger partial charge in [0.2, 0.25) is 0 Å². The van der Waals surface area contributed by atoms with Crippen molar-refractivity contribution in [1.82, 2.24) is 20.2 Å². The van der Waals surface area contributed by atoms with Crippen LogP contribution < -0.4 is 4.74 Å². The van der Waals surface area contributed by atoms with Crippen LogP contribution in [-0.2, 0) is 0 Å². The summed E-state index contributed by atoms with van der Waals surface area (Å²) in [6.45, 7) is -0.791. The van der Waals surface area contributed by atoms with Crippen molar-refractivity contribution in [2.24, 2.45) is 0 Å². The summed E-state index contributed by atoms with van der Waals surface area (Å²) in [7, 11) is 0. The van der Waals surface area contributed by atoms with Gasteiger partial charge < -0.3 is 4.74 Å². The summed E-state index contributed by atoms with van der Waals surface area (Å²) in [5, 5.41) is 7.90. The number of halogens is 4. The summed E-state index contributed by atoms with van der Waals surface area (Å²) in [6.07, 6.45) is 0.384. The maximum atomic E-state index is 12.1. The Morgan fingerprint density at radius 3 is 2.77 bits per heavy atom. The van der Waals surface area contributed by atoms with Crippen molar-refractivity contribution >= 4 is 34.1 Å². The van der Waals surface area contributed by atoms with E-state index in [1.165, 1.54) is 6.20 Å². The van der Waals surface area contributed by atoms with Crippen molar-refractivity contribution in [2.45, 2.75) is 6.43 Å². The molecule has 9 heteroatoms. The topological polar surface area (TPSA) is 63.7 Å². The number of hydrogen-bond donors (Lipinski definition) is 1. The van der Waals surface area contributed by atoms with Gasteiger partial charge in [0.05, 0.1) is 28.6 Å². The molecule has 0 bridgehead atoms. The van der Waals surface area contributed by atoms with Gasteiger partial charge in [-0.3, -0.25) is 5.10 Å². The predicted octanol–water partition coefficient (Wildman–Crippen LogP) is 3.97. The van der Waals surface area contributed by atoms with Gasteiger partial charge in [0.15, 0.2) is 11.8 Å². The molecule has 22 heavy (non-hydrogen) atoms. The second kappa shape index (κ2) is 6.02. The van der Waals surface area contributed by atoms with Gasteiger partial charge in [0.25, 0.3) is 12.3 Å². The van der Waals surface area contributed by atoms with Crippen LogP contribution in [-0.4, -0.2) is 33.2 Å². The monoisotopic (exact) mass is 344 g/mol. The number of fused-ring (bicyclic) bond motifs is 1. The SMILES string of the molecule is FC(F)COc1ncc(-c2ccc(Cl)c3[nH]ncc23)nc1Cl. The molecular formula is C13H8Cl2F2N4O. The van der Waals surface area contributed by atoms with Crippen LogP contribution in [0.15, 0.2) is 24.5 Å². The highest BCUT2D eigenvalue weighted by Crippen LogP contribution is 2.32. The minimum Gasteiger partial charge on any atom is -0.469 e. The first-order chi connectivity index (χ1) is 10.6. The summed E-state index contributed by atoms with van der Waals surface area (Å²) in [5.74, 6) is -0.136. The van der Waals surface area contributed by atoms with Crippen molar-refractivity contribution in [3.05, 3.63) is 34.7 Å². The van der Waals surface area contributed by atoms with E-state index in [0.29, 0.717) is 21.8 Å². The number of nitrogens with one attached hydrogen (secondary N) is 1. The predicted molar refractivity (Wildman–Crippen MR) is 78.6 cm³/mol. The molecule has 0 spiro atoms. The Morgan fingerprint density at radius 2 is 2.05 bits per heavy atom. The van der Waals surface area contributed by atoms with Crippen LogP contribution in [0.1, 0.15) is 0 Å². The Morgan fingerprint density at radius 1 is 1.23 bits per heavy atom. The third-order valence-corrected chi connectivity index (χ3v) is 3.45. The van der Waals surface area contributed by atoms with E-state index in [1.54, 1.807) is 18.3 Å². The number of aromatic amines is 1. The molecule has 0 aliphatic heterocycles. The van der Waals surface area contributed by atoms with Gasteiger partial charge in [0, 0.05) is 10.9 Å². The number of nitrogens with zero attached hydrogens (tertiary/aromatic N) is 3. The Hall–Kier alpha value is -1.99. The maximum Gasteiger partial charge on any atom is 0.272 e. The smallest absolute Gasteiger partial charge is 0.272 e. The van der Waals surface area contributed by atoms with E-state index in [4.69, 9.17) is 27.9 Å². The molecule has 1 aromatic carbocycles. The average molecular weight is 345 g/mol. The molecule has 0 radical (unpaired) electrons. The molecule has 2 heterocycles. The third kappa shape index (κ3) is 2.82. The molecule has 0 aliphatic carbocycles. The number of aromatic nitrogens is 4. The standard InChI is InChI=1S/C13H8Cl2F2N4O/c14-8-2-1-6(7-3-19-21-11(7)8)9-4-18-13(12(15)20-9)22-5-10(16)17/h1-4,10H,5H2,(H,19,21). The molecule has 114 valence electrons. The van der Waals surface area contributed by atoms with Crippen LogP contribution in [0.2, 0.25) is 10.2 Å². The second-order valence-corrected chi connectivity index (χ2v) is 5.07. The van der Waals surface area contributed by atoms with Gasteiger partial charge >= 0.3 is 0 Å². The highest BCUT2D eigenvalue weighted by Gasteiger charge is 2.14. The van der Waals surface area contributed by atoms with E-state index < -0.39 is 13.0 Å². The normalized spacial score (nSPS) is 11.3. The molecule has 1 N–H and O–H groups in total. The van der Waals surface area contributed by atoms with E-state index in [0.717, 1.165) is 5.39 Å². The fourth-order valence-electron chi connectivity index (χ4n) is 1.95. The Labute approximate surface area is 133 Å². The van der Waals surface area contributed by atoms with Crippen LogP contribution in [0, 0.1) is 0 Å². The Balaban J connectivity index is 1.99. The third-order valence-electron chi connectivity index (χ3n) is 2.89. The fraction of sp³-hybridized carbons (Fsp3) is 0.154. The average Bonchev–Trinajstić information content (AvgIpc) is 2.96. The lowest BCUT2D eigenvalue weighted by Crippen LogP contribution is -2.08. The number of H-pyrrole nitrogens is 1. The molecule has 0 atom stereocenters. The van der Waals surface area contributed by atoms with E-state index >= 15 is 0 Å². The van der Waals surface area contributed by atoms with Gasteiger partial charge in [0.1, 0.15) is 0 Å². The quantitative estimate of drug-likeness (QED) is 0.777. The van der Waals surface area contributed by atoms with Gasteiger partial charge in [-0.05, 0) is 6.07 Å². The molecule has 0 saturated carbocycles. The molecule has 0 saturated heterocycles. The van der Waals surface area contributed by atoms with Gasteiger partial charge in [-0.15, -0.1) is 0 Å². The first-order valence-electron chi connectivity index (χ1n) is 6.11. The van der Waals surface area contributed by atoms with E-state index in [-0.39, 0.29) is 11.0 Å². The largest absolute Gasteiger partial charge is 0.469 e. The zero-order chi connectivity index (χ0) is 15.7. The van der Waals surface area contributed by atoms with Crippen molar-refractivity contribution in [3.63, 3.8) is 0 Å². The van der Waals surface area contributed by atoms with Gasteiger partial charge in [-0.2, -0.15) is 5.10 Å². The van der Waals surface area contributed by atoms with Crippen LogP contribution in [0.25, 0.3) is 22.2 Å². The van der Waals surface area contributed by atoms with Crippen molar-refractivity contribution < 1.29 is 13.5 Å². The molecular weight excluding hydrogens is 337 g/mol. The Kier molecular flexibility index (Phi) is 4.08. The highest BCUT2D eigenvalue weighted by molar-refractivity contribution is 6.35. The lowest BCUT2D eigenvalue weighted by molar-refractivity contribution is 0.0794. The zero-order valence-electron chi connectivity index (χ0n) is 10.9. The summed E-state index contributed by atoms with van der Waals surface area (Å²) in [6, 6.07) is 3.44. The van der Waals surface area contributed by atoms with Crippen molar-refractivity contribution in [3.8, 4) is 17.1 Å². The minimum atomic E-state index is -2.61. The Bertz CT molecular complexity index is 825. The molecule has 0 aliphatic rings. The van der Waals surface area contributed by atoms with Gasteiger partial charge in [-0.25, -0.2) is 18.7 Å². The molecule has 3 aromatic rings. The number of benzene rings is 1. The minimum absolute atomic E-state index is 0.0928. The molecule has 0 fully saturated rings. The number of rotatable bonds is 4. The summed E-state index contributed by atoms with van der Waals surface area (Å²) in [4.78, 5) is 8.06. The molecule has 0 unspecified atom stereocenters. The summed E-state index contributed by atoms with van der Waals surface area (Å²) in [5.41, 5.74) is 1.83. The lowest BCUT2D eigenvalue weighted by Gasteiger charge is -2.08. The first-order valence-corrected chi connectivity index (χ1v) is 6.87. The molecule has 5 nitrogen and oxygen atoms in total. The van der Waals surface area contributed by atoms with E-state index in [9.17, 15) is 8.78 Å². The van der Waals surface area contributed by atoms with Crippen LogP contribution in [0.4, 0.5) is 8.78 Å². The second-order valence-electron chi connectivity index (χ2n) is 4.31. The van der Waals surface area contributed by atoms with Gasteiger partial charge in [-0.1, -0.05) is 29.3 Å². The number of alkyl halides is 2. The summed E-state index contributed by atoms with van der Waals surface area (Å²) < 4.78 is 29.1. The molecule has 0 amide bonds. The maximum absolute atomic E-state index is 12.1. The van der Waals surface area contributed by atoms with Crippen molar-refractivity contribution in [1.29, 1.82) is 0 Å². The van der Waals surface area contributed by atoms with Crippen LogP contribution >= 0.6 is 23.2 Å². The molecule has 2 aromatic heterocycles. The van der Waals surface area contributed by atoms with E-state index in [1.807, 2.05) is 0 Å². The van der Waals surface area contributed by atoms with E-state index in [2.05, 4.69) is 20.2 Å². The number of ether oxygens (including phenoxy) is 1. The lowest BCUT2D eigenvalue weighted by atomic mass is 10.1. The van der Waals surface area contributed by atoms with Crippen LogP contribution in [0.5, 0.6) is 5.88 Å². The highest BCUT2D eigenvalue weighted by atomic mass is 35.5. The van der Waals surface area contributed by atoms with Crippen LogP contribution in [0.3, 0.4) is 0 Å². The molecule has 3 rings (SSSR count). The first kappa shape index (κ1) is 14.9. The zero-order valence-corrected chi connectivity index (χ0v) is 12.4. The van der Waals surface area contributed by atoms with Crippen molar-refractivity contribution in [2.75, 3.05) is 6.61 Å².